The summed E-state index contributed by atoms with van der Waals surface area (Å²) in [5.41, 5.74) is 1.38. The van der Waals surface area contributed by atoms with Crippen LogP contribution in [0.2, 0.25) is 0 Å². The van der Waals surface area contributed by atoms with Gasteiger partial charge in [0, 0.05) is 19.8 Å². The van der Waals surface area contributed by atoms with E-state index in [1.165, 1.54) is 0 Å². The van der Waals surface area contributed by atoms with E-state index >= 15 is 0 Å². The summed E-state index contributed by atoms with van der Waals surface area (Å²) in [4.78, 5) is 2.04. The lowest BCUT2D eigenvalue weighted by atomic mass is 9.93. The van der Waals surface area contributed by atoms with E-state index in [1.807, 2.05) is 57.1 Å². The lowest BCUT2D eigenvalue weighted by molar-refractivity contribution is 0.0531. The number of benzene rings is 1. The first-order valence-electron chi connectivity index (χ1n) is 4.97. The van der Waals surface area contributed by atoms with Gasteiger partial charge in [0.2, 0.25) is 0 Å². The van der Waals surface area contributed by atoms with Crippen LogP contribution in [0.1, 0.15) is 25.8 Å². The molecule has 0 radical (unpaired) electrons. The van der Waals surface area contributed by atoms with Crippen molar-refractivity contribution >= 4 is 5.69 Å². The quantitative estimate of drug-likeness (QED) is 0.796. The first-order chi connectivity index (χ1) is 6.47. The molecule has 0 aliphatic heterocycles. The van der Waals surface area contributed by atoms with Gasteiger partial charge in [0.1, 0.15) is 0 Å². The molecule has 0 aromatic heterocycles. The van der Waals surface area contributed by atoms with E-state index in [0.29, 0.717) is 0 Å². The van der Waals surface area contributed by atoms with Gasteiger partial charge in [0.15, 0.2) is 0 Å². The smallest absolute Gasteiger partial charge is 0.0866 e. The minimum atomic E-state index is -0.716. The van der Waals surface area contributed by atoms with Crippen molar-refractivity contribution in [2.45, 2.75) is 25.9 Å². The fourth-order valence-electron chi connectivity index (χ4n) is 1.32. The number of anilines is 1. The topological polar surface area (TPSA) is 23.5 Å². The summed E-state index contributed by atoms with van der Waals surface area (Å²) >= 11 is 0. The van der Waals surface area contributed by atoms with Gasteiger partial charge in [0.05, 0.1) is 5.60 Å². The van der Waals surface area contributed by atoms with Crippen molar-refractivity contribution in [2.24, 2.45) is 0 Å². The van der Waals surface area contributed by atoms with Crippen molar-refractivity contribution in [1.29, 1.82) is 0 Å². The third-order valence-corrected chi connectivity index (χ3v) is 2.67. The van der Waals surface area contributed by atoms with Crippen LogP contribution < -0.4 is 4.90 Å². The minimum Gasteiger partial charge on any atom is -0.385 e. The van der Waals surface area contributed by atoms with E-state index in [9.17, 15) is 5.11 Å². The second-order valence-corrected chi connectivity index (χ2v) is 4.07. The van der Waals surface area contributed by atoms with Crippen molar-refractivity contribution in [2.75, 3.05) is 19.0 Å². The van der Waals surface area contributed by atoms with Crippen molar-refractivity contribution < 1.29 is 5.11 Å². The van der Waals surface area contributed by atoms with Crippen molar-refractivity contribution in [3.63, 3.8) is 0 Å². The van der Waals surface area contributed by atoms with Gasteiger partial charge in [-0.1, -0.05) is 19.1 Å². The number of aliphatic hydroxyl groups is 1. The maximum Gasteiger partial charge on any atom is 0.0866 e. The van der Waals surface area contributed by atoms with Gasteiger partial charge in [-0.2, -0.15) is 0 Å². The van der Waals surface area contributed by atoms with E-state index < -0.39 is 5.60 Å². The highest BCUT2D eigenvalue weighted by molar-refractivity contribution is 5.48. The number of nitrogens with zero attached hydrogens (tertiary/aromatic N) is 1. The molecule has 0 amide bonds. The van der Waals surface area contributed by atoms with E-state index in [-0.39, 0.29) is 0 Å². The second kappa shape index (κ2) is 4.01. The van der Waals surface area contributed by atoms with E-state index in [0.717, 1.165) is 17.7 Å². The van der Waals surface area contributed by atoms with Gasteiger partial charge in [-0.15, -0.1) is 0 Å². The summed E-state index contributed by atoms with van der Waals surface area (Å²) in [7, 11) is 4.00. The normalized spacial score (nSPS) is 14.9. The molecule has 0 saturated carbocycles. The summed E-state index contributed by atoms with van der Waals surface area (Å²) < 4.78 is 0. The van der Waals surface area contributed by atoms with Gasteiger partial charge in [-0.05, 0) is 31.0 Å². The molecule has 78 valence electrons. The predicted molar refractivity (Wildman–Crippen MR) is 60.6 cm³/mol. The molecule has 0 fully saturated rings. The van der Waals surface area contributed by atoms with Crippen LogP contribution in [0.4, 0.5) is 5.69 Å². The molecule has 14 heavy (non-hydrogen) atoms. The van der Waals surface area contributed by atoms with Crippen LogP contribution >= 0.6 is 0 Å². The van der Waals surface area contributed by atoms with Crippen LogP contribution in [0.3, 0.4) is 0 Å². The Balaban J connectivity index is 3.05. The number of rotatable bonds is 3. The monoisotopic (exact) mass is 193 g/mol. The summed E-state index contributed by atoms with van der Waals surface area (Å²) in [6.45, 7) is 3.84. The Morgan fingerprint density at radius 3 is 2.50 bits per heavy atom. The van der Waals surface area contributed by atoms with Crippen LogP contribution in [-0.2, 0) is 5.60 Å². The SMILES string of the molecule is CC[C@](C)(O)c1cccc(N(C)C)c1. The standard InChI is InChI=1S/C12H19NO/c1-5-12(2,14)10-7-6-8-11(9-10)13(3)4/h6-9,14H,5H2,1-4H3/t12-/m0/s1. The molecule has 1 N–H and O–H groups in total. The Morgan fingerprint density at radius 1 is 1.36 bits per heavy atom. The molecule has 1 rings (SSSR count). The highest BCUT2D eigenvalue weighted by atomic mass is 16.3. The number of hydrogen-bond donors (Lipinski definition) is 1. The molecular weight excluding hydrogens is 174 g/mol. The molecule has 0 bridgehead atoms. The lowest BCUT2D eigenvalue weighted by Gasteiger charge is -2.23. The molecule has 0 saturated heterocycles. The summed E-state index contributed by atoms with van der Waals surface area (Å²) in [6.07, 6.45) is 0.726. The van der Waals surface area contributed by atoms with Gasteiger partial charge >= 0.3 is 0 Å². The zero-order valence-electron chi connectivity index (χ0n) is 9.41. The summed E-state index contributed by atoms with van der Waals surface area (Å²) in [5, 5.41) is 10.1. The Hall–Kier alpha value is -1.02. The first kappa shape index (κ1) is 11.1. The van der Waals surface area contributed by atoms with Crippen LogP contribution in [-0.4, -0.2) is 19.2 Å². The largest absolute Gasteiger partial charge is 0.385 e. The highest BCUT2D eigenvalue weighted by Gasteiger charge is 2.20. The molecule has 1 atom stereocenters. The molecule has 1 aromatic rings. The molecule has 0 unspecified atom stereocenters. The van der Waals surface area contributed by atoms with Crippen LogP contribution in [0.15, 0.2) is 24.3 Å². The van der Waals surface area contributed by atoms with Crippen LogP contribution in [0.25, 0.3) is 0 Å². The molecule has 1 aromatic carbocycles. The Kier molecular flexibility index (Phi) is 3.17. The molecule has 0 aliphatic rings. The fraction of sp³-hybridized carbons (Fsp3) is 0.500. The Labute approximate surface area is 86.2 Å². The molecule has 2 nitrogen and oxygen atoms in total. The third kappa shape index (κ3) is 2.26. The van der Waals surface area contributed by atoms with E-state index in [2.05, 4.69) is 0 Å². The van der Waals surface area contributed by atoms with Gasteiger partial charge < -0.3 is 10.0 Å². The van der Waals surface area contributed by atoms with Gasteiger partial charge in [-0.25, -0.2) is 0 Å². The zero-order valence-corrected chi connectivity index (χ0v) is 9.41. The number of hydrogen-bond acceptors (Lipinski definition) is 2. The summed E-state index contributed by atoms with van der Waals surface area (Å²) in [6, 6.07) is 8.02. The molecule has 0 heterocycles. The maximum atomic E-state index is 10.1. The highest BCUT2D eigenvalue weighted by Crippen LogP contribution is 2.26. The summed E-state index contributed by atoms with van der Waals surface area (Å²) in [5.74, 6) is 0. The van der Waals surface area contributed by atoms with Gasteiger partial charge in [0.25, 0.3) is 0 Å². The third-order valence-electron chi connectivity index (χ3n) is 2.67. The molecule has 0 spiro atoms. The van der Waals surface area contributed by atoms with Crippen LogP contribution in [0, 0.1) is 0 Å². The Bertz CT molecular complexity index is 305. The first-order valence-corrected chi connectivity index (χ1v) is 4.97. The van der Waals surface area contributed by atoms with E-state index in [1.54, 1.807) is 0 Å². The fourth-order valence-corrected chi connectivity index (χ4v) is 1.32. The molecule has 0 aliphatic carbocycles. The molecular formula is C12H19NO. The average molecular weight is 193 g/mol. The van der Waals surface area contributed by atoms with Crippen LogP contribution in [0.5, 0.6) is 0 Å². The second-order valence-electron chi connectivity index (χ2n) is 4.07. The van der Waals surface area contributed by atoms with E-state index in [4.69, 9.17) is 0 Å². The van der Waals surface area contributed by atoms with Crippen molar-refractivity contribution in [1.82, 2.24) is 0 Å². The van der Waals surface area contributed by atoms with Crippen molar-refractivity contribution in [3.05, 3.63) is 29.8 Å². The minimum absolute atomic E-state index is 0.716. The van der Waals surface area contributed by atoms with Crippen molar-refractivity contribution in [3.8, 4) is 0 Å². The maximum absolute atomic E-state index is 10.1. The van der Waals surface area contributed by atoms with Gasteiger partial charge in [-0.3, -0.25) is 0 Å². The zero-order chi connectivity index (χ0) is 10.8. The Morgan fingerprint density at radius 2 is 2.00 bits per heavy atom. The predicted octanol–water partition coefficient (Wildman–Crippen LogP) is 2.37. The average Bonchev–Trinajstić information content (AvgIpc) is 2.18. The molecule has 2 heteroatoms. The lowest BCUT2D eigenvalue weighted by Crippen LogP contribution is -2.20.